The zero-order chi connectivity index (χ0) is 19.3. The third kappa shape index (κ3) is 5.45. The van der Waals surface area contributed by atoms with Crippen LogP contribution >= 0.6 is 7.60 Å². The maximum absolute atomic E-state index is 11.2. The van der Waals surface area contributed by atoms with Gasteiger partial charge in [0.25, 0.3) is 0 Å². The first-order chi connectivity index (χ1) is 12.9. The molecule has 1 aromatic heterocycles. The van der Waals surface area contributed by atoms with E-state index < -0.39 is 19.9 Å². The summed E-state index contributed by atoms with van der Waals surface area (Å²) in [5.41, 5.74) is 3.04. The minimum atomic E-state index is -4.19. The van der Waals surface area contributed by atoms with Crippen molar-refractivity contribution in [3.05, 3.63) is 59.9 Å². The molecule has 2 aromatic carbocycles. The first-order valence-electron chi connectivity index (χ1n) is 8.19. The van der Waals surface area contributed by atoms with E-state index in [2.05, 4.69) is 25.9 Å². The van der Waals surface area contributed by atoms with E-state index in [1.54, 1.807) is 7.11 Å². The molecule has 0 amide bonds. The third-order valence-electron chi connectivity index (χ3n) is 4.01. The van der Waals surface area contributed by atoms with Crippen molar-refractivity contribution < 1.29 is 19.1 Å². The minimum absolute atomic E-state index is 0.348. The maximum Gasteiger partial charge on any atom is 0.339 e. The summed E-state index contributed by atoms with van der Waals surface area (Å²) >= 11 is 0. The van der Waals surface area contributed by atoms with Crippen molar-refractivity contribution in [1.29, 1.82) is 0 Å². The van der Waals surface area contributed by atoms with Gasteiger partial charge in [-0.1, -0.05) is 41.6 Å². The van der Waals surface area contributed by atoms with Crippen LogP contribution in [0.1, 0.15) is 17.4 Å². The highest BCUT2D eigenvalue weighted by molar-refractivity contribution is 7.51. The smallest absolute Gasteiger partial charge is 0.339 e. The lowest BCUT2D eigenvalue weighted by molar-refractivity contribution is 0.362. The van der Waals surface area contributed by atoms with Crippen LogP contribution < -0.4 is 10.1 Å². The lowest BCUT2D eigenvalue weighted by atomic mass is 10.0. The second-order valence-electron chi connectivity index (χ2n) is 5.98. The van der Waals surface area contributed by atoms with Crippen LogP contribution in [-0.4, -0.2) is 43.8 Å². The highest BCUT2D eigenvalue weighted by Gasteiger charge is 2.21. The van der Waals surface area contributed by atoms with Gasteiger partial charge in [-0.3, -0.25) is 9.88 Å². The molecule has 0 radical (unpaired) electrons. The standard InChI is InChI=1S/C17H20N5O4P/c1-26-15-4-2-3-14(10-15)13-7-5-12(6-8-13)9-16(17-19-21-22-20-17)18-11-27(23,24)25/h2-8,10,16,18H,9,11H2,1H3,(H2,23,24,25)(H,19,20,21,22)/t16-/m0/s1. The highest BCUT2D eigenvalue weighted by Crippen LogP contribution is 2.33. The van der Waals surface area contributed by atoms with Gasteiger partial charge in [0.1, 0.15) is 5.75 Å². The SMILES string of the molecule is COc1cccc(-c2ccc(C[C@H](NCP(=O)(O)O)c3nn[nH]n3)cc2)c1. The monoisotopic (exact) mass is 389 g/mol. The molecule has 3 aromatic rings. The number of H-pyrrole nitrogens is 1. The highest BCUT2D eigenvalue weighted by atomic mass is 31.2. The number of methoxy groups -OCH3 is 1. The van der Waals surface area contributed by atoms with Crippen LogP contribution in [0.25, 0.3) is 11.1 Å². The van der Waals surface area contributed by atoms with Crippen molar-refractivity contribution in [1.82, 2.24) is 25.9 Å². The zero-order valence-electron chi connectivity index (χ0n) is 14.6. The van der Waals surface area contributed by atoms with Gasteiger partial charge in [0.15, 0.2) is 5.82 Å². The first-order valence-corrected chi connectivity index (χ1v) is 9.99. The van der Waals surface area contributed by atoms with Crippen LogP contribution in [0.3, 0.4) is 0 Å². The van der Waals surface area contributed by atoms with Gasteiger partial charge in [0.2, 0.25) is 0 Å². The van der Waals surface area contributed by atoms with Crippen LogP contribution in [0.2, 0.25) is 0 Å². The number of aromatic nitrogens is 4. The summed E-state index contributed by atoms with van der Waals surface area (Å²) in [4.78, 5) is 18.2. The molecular weight excluding hydrogens is 369 g/mol. The molecule has 0 aliphatic carbocycles. The van der Waals surface area contributed by atoms with Gasteiger partial charge in [-0.25, -0.2) is 0 Å². The molecule has 4 N–H and O–H groups in total. The summed E-state index contributed by atoms with van der Waals surface area (Å²) < 4.78 is 16.4. The van der Waals surface area contributed by atoms with E-state index in [0.717, 1.165) is 22.4 Å². The van der Waals surface area contributed by atoms with Gasteiger partial charge >= 0.3 is 7.60 Å². The Morgan fingerprint density at radius 1 is 1.19 bits per heavy atom. The molecule has 10 heteroatoms. The van der Waals surface area contributed by atoms with Crippen molar-refractivity contribution in [2.45, 2.75) is 12.5 Å². The molecule has 0 saturated heterocycles. The summed E-state index contributed by atoms with van der Waals surface area (Å²) in [7, 11) is -2.56. The Bertz CT molecular complexity index is 911. The van der Waals surface area contributed by atoms with E-state index in [1.165, 1.54) is 0 Å². The molecule has 0 saturated carbocycles. The predicted octanol–water partition coefficient (Wildman–Crippen LogP) is 1.88. The summed E-state index contributed by atoms with van der Waals surface area (Å²) in [5, 5.41) is 16.5. The average Bonchev–Trinajstić information content (AvgIpc) is 3.19. The van der Waals surface area contributed by atoms with Gasteiger partial charge in [-0.05, 0) is 35.2 Å². The Hall–Kier alpha value is -2.58. The Morgan fingerprint density at radius 3 is 2.59 bits per heavy atom. The average molecular weight is 389 g/mol. The van der Waals surface area contributed by atoms with Crippen LogP contribution in [0.5, 0.6) is 5.75 Å². The largest absolute Gasteiger partial charge is 0.497 e. The molecule has 0 spiro atoms. The molecule has 1 atom stereocenters. The van der Waals surface area contributed by atoms with E-state index in [0.29, 0.717) is 12.2 Å². The van der Waals surface area contributed by atoms with Crippen molar-refractivity contribution >= 4 is 7.60 Å². The van der Waals surface area contributed by atoms with E-state index in [9.17, 15) is 4.57 Å². The topological polar surface area (TPSA) is 133 Å². The number of tetrazole rings is 1. The van der Waals surface area contributed by atoms with Gasteiger partial charge in [0.05, 0.1) is 19.4 Å². The Balaban J connectivity index is 1.75. The van der Waals surface area contributed by atoms with Crippen LogP contribution in [-0.2, 0) is 11.0 Å². The van der Waals surface area contributed by atoms with Gasteiger partial charge in [-0.15, -0.1) is 10.2 Å². The third-order valence-corrected chi connectivity index (χ3v) is 4.61. The number of nitrogens with one attached hydrogen (secondary N) is 2. The van der Waals surface area contributed by atoms with Crippen molar-refractivity contribution in [3.8, 4) is 16.9 Å². The normalized spacial score (nSPS) is 12.7. The number of rotatable bonds is 8. The molecule has 0 aliphatic heterocycles. The van der Waals surface area contributed by atoms with E-state index in [-0.39, 0.29) is 0 Å². The summed E-state index contributed by atoms with van der Waals surface area (Å²) in [6, 6.07) is 15.2. The number of benzene rings is 2. The molecule has 0 bridgehead atoms. The molecular formula is C17H20N5O4P. The zero-order valence-corrected chi connectivity index (χ0v) is 15.5. The quantitative estimate of drug-likeness (QED) is 0.429. The Morgan fingerprint density at radius 2 is 1.96 bits per heavy atom. The van der Waals surface area contributed by atoms with Gasteiger partial charge in [0, 0.05) is 0 Å². The molecule has 0 unspecified atom stereocenters. The van der Waals surface area contributed by atoms with E-state index in [4.69, 9.17) is 14.5 Å². The number of hydrogen-bond donors (Lipinski definition) is 4. The lowest BCUT2D eigenvalue weighted by Gasteiger charge is -2.16. The first kappa shape index (κ1) is 19.2. The molecule has 3 rings (SSSR count). The summed E-state index contributed by atoms with van der Waals surface area (Å²) in [6.07, 6.45) is -0.00791. The second kappa shape index (κ2) is 8.41. The van der Waals surface area contributed by atoms with E-state index >= 15 is 0 Å². The maximum atomic E-state index is 11.2. The summed E-state index contributed by atoms with van der Waals surface area (Å²) in [5.74, 6) is 1.13. The molecule has 27 heavy (non-hydrogen) atoms. The summed E-state index contributed by atoms with van der Waals surface area (Å²) in [6.45, 7) is 0. The fraction of sp³-hybridized carbons (Fsp3) is 0.235. The van der Waals surface area contributed by atoms with Crippen LogP contribution in [0.4, 0.5) is 0 Å². The van der Waals surface area contributed by atoms with Gasteiger partial charge in [-0.2, -0.15) is 5.21 Å². The van der Waals surface area contributed by atoms with Crippen LogP contribution in [0.15, 0.2) is 48.5 Å². The number of hydrogen-bond acceptors (Lipinski definition) is 6. The molecule has 9 nitrogen and oxygen atoms in total. The fourth-order valence-corrected chi connectivity index (χ4v) is 3.13. The molecule has 142 valence electrons. The second-order valence-corrected chi connectivity index (χ2v) is 7.63. The van der Waals surface area contributed by atoms with Crippen molar-refractivity contribution in [3.63, 3.8) is 0 Å². The Labute approximate surface area is 155 Å². The lowest BCUT2D eigenvalue weighted by Crippen LogP contribution is -2.25. The van der Waals surface area contributed by atoms with Gasteiger partial charge < -0.3 is 14.5 Å². The predicted molar refractivity (Wildman–Crippen MR) is 99.1 cm³/mol. The fourth-order valence-electron chi connectivity index (χ4n) is 2.67. The van der Waals surface area contributed by atoms with Crippen molar-refractivity contribution in [2.75, 3.05) is 13.4 Å². The number of ether oxygens (including phenoxy) is 1. The van der Waals surface area contributed by atoms with E-state index in [1.807, 2.05) is 48.5 Å². The Kier molecular flexibility index (Phi) is 5.98. The van der Waals surface area contributed by atoms with Crippen molar-refractivity contribution in [2.24, 2.45) is 0 Å². The molecule has 1 heterocycles. The molecule has 0 fully saturated rings. The minimum Gasteiger partial charge on any atom is -0.497 e. The van der Waals surface area contributed by atoms with Crippen LogP contribution in [0, 0.1) is 0 Å². The number of aromatic amines is 1. The molecule has 0 aliphatic rings. The number of nitrogens with zero attached hydrogens (tertiary/aromatic N) is 3.